The number of rotatable bonds is 5. The van der Waals surface area contributed by atoms with E-state index in [1.54, 1.807) is 18.3 Å². The van der Waals surface area contributed by atoms with E-state index in [1.807, 2.05) is 38.1 Å². The Kier molecular flexibility index (Phi) is 5.93. The number of carbonyl (C=O) groups excluding carboxylic acids is 2. The molecule has 158 valence electrons. The van der Waals surface area contributed by atoms with E-state index in [9.17, 15) is 9.59 Å². The highest BCUT2D eigenvalue weighted by Gasteiger charge is 2.28. The minimum Gasteiger partial charge on any atom is -0.455 e. The Bertz CT molecular complexity index is 1150. The van der Waals surface area contributed by atoms with Gasteiger partial charge in [0.15, 0.2) is 5.76 Å². The molecule has 0 radical (unpaired) electrons. The lowest BCUT2D eigenvalue weighted by atomic mass is 9.93. The number of fused-ring (bicyclic) bond motifs is 1. The number of furan rings is 1. The second-order valence-corrected chi connectivity index (χ2v) is 7.41. The molecule has 2 aromatic heterocycles. The molecule has 0 unspecified atom stereocenters. The van der Waals surface area contributed by atoms with Crippen molar-refractivity contribution in [3.63, 3.8) is 0 Å². The molecule has 1 aliphatic carbocycles. The van der Waals surface area contributed by atoms with Crippen LogP contribution in [0.25, 0.3) is 0 Å². The maximum absolute atomic E-state index is 13.0. The van der Waals surface area contributed by atoms with Crippen molar-refractivity contribution in [1.82, 2.24) is 10.4 Å². The van der Waals surface area contributed by atoms with Gasteiger partial charge in [-0.15, -0.1) is 0 Å². The number of aromatic nitrogens is 1. The summed E-state index contributed by atoms with van der Waals surface area (Å²) in [5.74, 6) is 0.394. The van der Waals surface area contributed by atoms with Crippen molar-refractivity contribution in [2.45, 2.75) is 39.5 Å². The molecular formula is C24H24N4O3. The van der Waals surface area contributed by atoms with Gasteiger partial charge in [0.25, 0.3) is 11.8 Å². The van der Waals surface area contributed by atoms with Gasteiger partial charge in [-0.2, -0.15) is 5.10 Å². The van der Waals surface area contributed by atoms with Gasteiger partial charge in [-0.1, -0.05) is 25.1 Å². The molecule has 0 atom stereocenters. The fourth-order valence-corrected chi connectivity index (χ4v) is 3.81. The smallest absolute Gasteiger partial charge is 0.291 e. The van der Waals surface area contributed by atoms with Crippen LogP contribution in [0.3, 0.4) is 0 Å². The highest BCUT2D eigenvalue weighted by atomic mass is 16.4. The molecular weight excluding hydrogens is 392 g/mol. The summed E-state index contributed by atoms with van der Waals surface area (Å²) < 4.78 is 5.95. The number of nitrogens with one attached hydrogen (secondary N) is 2. The van der Waals surface area contributed by atoms with E-state index in [4.69, 9.17) is 4.42 Å². The van der Waals surface area contributed by atoms with E-state index in [-0.39, 0.29) is 17.6 Å². The van der Waals surface area contributed by atoms with Gasteiger partial charge in [0.2, 0.25) is 0 Å². The van der Waals surface area contributed by atoms with Gasteiger partial charge in [0, 0.05) is 35.6 Å². The molecule has 1 aliphatic rings. The molecule has 0 bridgehead atoms. The first-order valence-corrected chi connectivity index (χ1v) is 10.4. The first kappa shape index (κ1) is 20.5. The van der Waals surface area contributed by atoms with Crippen LogP contribution in [0.1, 0.15) is 63.1 Å². The van der Waals surface area contributed by atoms with E-state index in [0.717, 1.165) is 47.4 Å². The van der Waals surface area contributed by atoms with E-state index in [1.165, 1.54) is 6.20 Å². The molecule has 2 N–H and O–H groups in total. The van der Waals surface area contributed by atoms with Gasteiger partial charge >= 0.3 is 0 Å². The number of nitrogens with zero attached hydrogens (tertiary/aromatic N) is 2. The maximum atomic E-state index is 13.0. The molecule has 3 aromatic rings. The largest absolute Gasteiger partial charge is 0.455 e. The normalized spacial score (nSPS) is 14.2. The highest BCUT2D eigenvalue weighted by molar-refractivity contribution is 6.09. The Morgan fingerprint density at radius 2 is 1.97 bits per heavy atom. The third kappa shape index (κ3) is 4.26. The minimum absolute atomic E-state index is 0.282. The average molecular weight is 416 g/mol. The van der Waals surface area contributed by atoms with Crippen LogP contribution in [-0.4, -0.2) is 22.5 Å². The highest BCUT2D eigenvalue weighted by Crippen LogP contribution is 2.30. The average Bonchev–Trinajstić information content (AvgIpc) is 3.15. The fourth-order valence-electron chi connectivity index (χ4n) is 3.81. The molecule has 0 saturated carbocycles. The van der Waals surface area contributed by atoms with Crippen molar-refractivity contribution in [1.29, 1.82) is 0 Å². The second kappa shape index (κ2) is 8.95. The summed E-state index contributed by atoms with van der Waals surface area (Å²) in [5.41, 5.74) is 7.13. The Hall–Kier alpha value is -3.74. The van der Waals surface area contributed by atoms with Gasteiger partial charge in [-0.05, 0) is 49.9 Å². The lowest BCUT2D eigenvalue weighted by Gasteiger charge is -2.13. The number of hydrogen-bond donors (Lipinski definition) is 2. The van der Waals surface area contributed by atoms with Gasteiger partial charge in [0.05, 0.1) is 11.3 Å². The number of benzene rings is 1. The third-order valence-electron chi connectivity index (χ3n) is 5.39. The zero-order valence-corrected chi connectivity index (χ0v) is 17.6. The van der Waals surface area contributed by atoms with Crippen molar-refractivity contribution in [3.05, 3.63) is 82.6 Å². The molecule has 2 heterocycles. The zero-order valence-electron chi connectivity index (χ0n) is 17.6. The van der Waals surface area contributed by atoms with Gasteiger partial charge in [-0.25, -0.2) is 5.43 Å². The van der Waals surface area contributed by atoms with E-state index in [0.29, 0.717) is 17.7 Å². The molecule has 0 spiro atoms. The Balaban J connectivity index is 1.58. The van der Waals surface area contributed by atoms with Crippen LogP contribution < -0.4 is 10.7 Å². The fraction of sp³-hybridized carbons (Fsp3) is 0.250. The number of pyridine rings is 1. The van der Waals surface area contributed by atoms with Crippen LogP contribution >= 0.6 is 0 Å². The van der Waals surface area contributed by atoms with Crippen molar-refractivity contribution < 1.29 is 14.0 Å². The lowest BCUT2D eigenvalue weighted by molar-refractivity contribution is 0.0953. The van der Waals surface area contributed by atoms with Crippen LogP contribution in [0.5, 0.6) is 0 Å². The van der Waals surface area contributed by atoms with E-state index >= 15 is 0 Å². The molecule has 0 fully saturated rings. The van der Waals surface area contributed by atoms with Crippen LogP contribution in [0.4, 0.5) is 5.69 Å². The number of amides is 2. The molecule has 31 heavy (non-hydrogen) atoms. The first-order valence-electron chi connectivity index (χ1n) is 10.4. The summed E-state index contributed by atoms with van der Waals surface area (Å²) in [6, 6.07) is 11.1. The SMILES string of the molecule is CCc1ccccc1NC(=O)c1oc2c(c1C)/C(=N/NC(=O)c1cccnc1)CCC2. The minimum atomic E-state index is -0.331. The number of carbonyl (C=O) groups is 2. The number of hydrogen-bond acceptors (Lipinski definition) is 5. The zero-order chi connectivity index (χ0) is 21.8. The molecule has 4 rings (SSSR count). The van der Waals surface area contributed by atoms with Gasteiger partial charge < -0.3 is 9.73 Å². The molecule has 0 saturated heterocycles. The molecule has 7 nitrogen and oxygen atoms in total. The van der Waals surface area contributed by atoms with Crippen LogP contribution in [0.2, 0.25) is 0 Å². The van der Waals surface area contributed by atoms with Crippen LogP contribution in [0, 0.1) is 6.92 Å². The Morgan fingerprint density at radius 1 is 1.13 bits per heavy atom. The second-order valence-electron chi connectivity index (χ2n) is 7.41. The molecule has 7 heteroatoms. The third-order valence-corrected chi connectivity index (χ3v) is 5.39. The van der Waals surface area contributed by atoms with Crippen LogP contribution in [0.15, 0.2) is 58.3 Å². The summed E-state index contributed by atoms with van der Waals surface area (Å²) in [7, 11) is 0. The number of hydrazone groups is 1. The van der Waals surface area contributed by atoms with Crippen molar-refractivity contribution >= 4 is 23.2 Å². The van der Waals surface area contributed by atoms with Crippen LogP contribution in [-0.2, 0) is 12.8 Å². The summed E-state index contributed by atoms with van der Waals surface area (Å²) >= 11 is 0. The predicted octanol–water partition coefficient (Wildman–Crippen LogP) is 4.27. The van der Waals surface area contributed by atoms with E-state index in [2.05, 4.69) is 20.8 Å². The topological polar surface area (TPSA) is 96.6 Å². The number of para-hydroxylation sites is 1. The standard InChI is InChI=1S/C24H24N4O3/c1-3-16-8-4-5-10-18(16)26-24(30)22-15(2)21-19(11-6-12-20(21)31-22)27-28-23(29)17-9-7-13-25-14-17/h4-5,7-10,13-14H,3,6,11-12H2,1-2H3,(H,26,30)(H,28,29)/b27-19+. The summed E-state index contributed by atoms with van der Waals surface area (Å²) in [6.07, 6.45) is 6.17. The quantitative estimate of drug-likeness (QED) is 0.607. The van der Waals surface area contributed by atoms with Crippen molar-refractivity contribution in [2.24, 2.45) is 5.10 Å². The number of anilines is 1. The summed E-state index contributed by atoms with van der Waals surface area (Å²) in [5, 5.41) is 7.31. The first-order chi connectivity index (χ1) is 15.1. The Labute approximate surface area is 180 Å². The monoisotopic (exact) mass is 416 g/mol. The van der Waals surface area contributed by atoms with Gasteiger partial charge in [-0.3, -0.25) is 14.6 Å². The number of aryl methyl sites for hydroxylation is 2. The summed E-state index contributed by atoms with van der Waals surface area (Å²) in [6.45, 7) is 3.90. The molecule has 1 aromatic carbocycles. The Morgan fingerprint density at radius 3 is 2.74 bits per heavy atom. The predicted molar refractivity (Wildman–Crippen MR) is 118 cm³/mol. The van der Waals surface area contributed by atoms with E-state index < -0.39 is 0 Å². The van der Waals surface area contributed by atoms with Crippen molar-refractivity contribution in [3.8, 4) is 0 Å². The van der Waals surface area contributed by atoms with Crippen molar-refractivity contribution in [2.75, 3.05) is 5.32 Å². The molecule has 2 amide bonds. The lowest BCUT2D eigenvalue weighted by Crippen LogP contribution is -2.22. The summed E-state index contributed by atoms with van der Waals surface area (Å²) in [4.78, 5) is 29.2. The maximum Gasteiger partial charge on any atom is 0.291 e. The van der Waals surface area contributed by atoms with Gasteiger partial charge in [0.1, 0.15) is 5.76 Å². The molecule has 0 aliphatic heterocycles.